The van der Waals surface area contributed by atoms with Crippen molar-refractivity contribution in [1.82, 2.24) is 10.1 Å². The molecule has 20 heavy (non-hydrogen) atoms. The lowest BCUT2D eigenvalue weighted by atomic mass is 10.0. The van der Waals surface area contributed by atoms with Crippen LogP contribution in [0.4, 0.5) is 0 Å². The Morgan fingerprint density at radius 1 is 1.05 bits per heavy atom. The molecule has 1 aromatic heterocycles. The third kappa shape index (κ3) is 2.18. The van der Waals surface area contributed by atoms with Gasteiger partial charge in [-0.25, -0.2) is 0 Å². The summed E-state index contributed by atoms with van der Waals surface area (Å²) >= 11 is 0. The van der Waals surface area contributed by atoms with E-state index in [-0.39, 0.29) is 5.92 Å². The van der Waals surface area contributed by atoms with Crippen LogP contribution in [0, 0.1) is 0 Å². The molecule has 0 aliphatic carbocycles. The molecule has 2 aromatic carbocycles. The zero-order chi connectivity index (χ0) is 14.1. The molecule has 0 aliphatic heterocycles. The number of benzene rings is 2. The number of aliphatic hydroxyl groups excluding tert-OH is 1. The fourth-order valence-electron chi connectivity index (χ4n) is 2.16. The first-order valence-corrected chi connectivity index (χ1v) is 6.66. The van der Waals surface area contributed by atoms with Gasteiger partial charge in [-0.1, -0.05) is 54.5 Å². The van der Waals surface area contributed by atoms with Crippen molar-refractivity contribution in [1.29, 1.82) is 0 Å². The van der Waals surface area contributed by atoms with E-state index in [0.717, 1.165) is 16.3 Å². The Balaban J connectivity index is 2.08. The average Bonchev–Trinajstić information content (AvgIpc) is 2.95. The summed E-state index contributed by atoms with van der Waals surface area (Å²) in [4.78, 5) is 4.41. The van der Waals surface area contributed by atoms with E-state index in [1.165, 1.54) is 0 Å². The van der Waals surface area contributed by atoms with Crippen molar-refractivity contribution in [3.05, 3.63) is 48.4 Å². The Hall–Kier alpha value is -2.20. The summed E-state index contributed by atoms with van der Waals surface area (Å²) in [5, 5.41) is 15.9. The maximum atomic E-state index is 9.60. The number of aromatic nitrogens is 2. The first-order valence-electron chi connectivity index (χ1n) is 6.66. The van der Waals surface area contributed by atoms with Gasteiger partial charge in [-0.2, -0.15) is 4.98 Å². The molecule has 0 fully saturated rings. The molecule has 0 spiro atoms. The number of aliphatic hydroxyl groups is 1. The smallest absolute Gasteiger partial charge is 0.232 e. The van der Waals surface area contributed by atoms with Gasteiger partial charge >= 0.3 is 0 Å². The van der Waals surface area contributed by atoms with Crippen LogP contribution in [0.3, 0.4) is 0 Å². The Kier molecular flexibility index (Phi) is 3.24. The first kappa shape index (κ1) is 12.8. The van der Waals surface area contributed by atoms with Crippen molar-refractivity contribution in [3.63, 3.8) is 0 Å². The maximum absolute atomic E-state index is 9.60. The lowest BCUT2D eigenvalue weighted by Gasteiger charge is -2.08. The van der Waals surface area contributed by atoms with Gasteiger partial charge in [-0.05, 0) is 17.7 Å². The lowest BCUT2D eigenvalue weighted by Crippen LogP contribution is -2.11. The SMILES string of the molecule is CC(O)C(C)c1nc(-c2cccc3ccccc23)no1. The fraction of sp³-hybridized carbons (Fsp3) is 0.250. The van der Waals surface area contributed by atoms with Crippen molar-refractivity contribution in [2.45, 2.75) is 25.9 Å². The molecule has 0 bridgehead atoms. The monoisotopic (exact) mass is 268 g/mol. The third-order valence-corrected chi connectivity index (χ3v) is 3.59. The topological polar surface area (TPSA) is 59.2 Å². The van der Waals surface area contributed by atoms with Crippen molar-refractivity contribution in [2.75, 3.05) is 0 Å². The van der Waals surface area contributed by atoms with Gasteiger partial charge in [0.15, 0.2) is 0 Å². The minimum absolute atomic E-state index is 0.175. The second-order valence-corrected chi connectivity index (χ2v) is 5.01. The van der Waals surface area contributed by atoms with Crippen LogP contribution in [-0.4, -0.2) is 21.4 Å². The molecule has 102 valence electrons. The number of hydrogen-bond acceptors (Lipinski definition) is 4. The van der Waals surface area contributed by atoms with Crippen LogP contribution < -0.4 is 0 Å². The molecule has 3 rings (SSSR count). The number of fused-ring (bicyclic) bond motifs is 1. The molecule has 3 aromatic rings. The Bertz CT molecular complexity index is 729. The summed E-state index contributed by atoms with van der Waals surface area (Å²) in [7, 11) is 0. The molecule has 4 heteroatoms. The van der Waals surface area contributed by atoms with Crippen molar-refractivity contribution >= 4 is 10.8 Å². The molecule has 0 saturated carbocycles. The predicted octanol–water partition coefficient (Wildman–Crippen LogP) is 3.37. The van der Waals surface area contributed by atoms with Crippen LogP contribution in [-0.2, 0) is 0 Å². The van der Waals surface area contributed by atoms with E-state index in [0.29, 0.717) is 11.7 Å². The van der Waals surface area contributed by atoms with Crippen LogP contribution in [0.5, 0.6) is 0 Å². The van der Waals surface area contributed by atoms with Gasteiger partial charge in [-0.3, -0.25) is 0 Å². The summed E-state index contributed by atoms with van der Waals surface area (Å²) < 4.78 is 5.27. The van der Waals surface area contributed by atoms with Crippen LogP contribution in [0.2, 0.25) is 0 Å². The van der Waals surface area contributed by atoms with Gasteiger partial charge in [0.2, 0.25) is 11.7 Å². The van der Waals surface area contributed by atoms with E-state index in [1.54, 1.807) is 6.92 Å². The highest BCUT2D eigenvalue weighted by molar-refractivity contribution is 5.94. The van der Waals surface area contributed by atoms with E-state index in [9.17, 15) is 5.11 Å². The van der Waals surface area contributed by atoms with E-state index < -0.39 is 6.10 Å². The highest BCUT2D eigenvalue weighted by atomic mass is 16.5. The summed E-state index contributed by atoms with van der Waals surface area (Å²) in [5.41, 5.74) is 0.941. The lowest BCUT2D eigenvalue weighted by molar-refractivity contribution is 0.151. The second kappa shape index (κ2) is 5.06. The third-order valence-electron chi connectivity index (χ3n) is 3.59. The van der Waals surface area contributed by atoms with E-state index >= 15 is 0 Å². The molecule has 2 atom stereocenters. The standard InChI is InChI=1S/C16H16N2O2/c1-10(11(2)19)16-17-15(18-20-16)14-9-5-7-12-6-3-4-8-13(12)14/h3-11,19H,1-2H3. The predicted molar refractivity (Wildman–Crippen MR) is 77.3 cm³/mol. The van der Waals surface area contributed by atoms with Gasteiger partial charge in [0.1, 0.15) is 0 Å². The van der Waals surface area contributed by atoms with Crippen molar-refractivity contribution in [2.24, 2.45) is 0 Å². The summed E-state index contributed by atoms with van der Waals surface area (Å²) in [6.07, 6.45) is -0.518. The summed E-state index contributed by atoms with van der Waals surface area (Å²) in [6, 6.07) is 14.1. The molecule has 0 radical (unpaired) electrons. The van der Waals surface area contributed by atoms with Crippen molar-refractivity contribution in [3.8, 4) is 11.4 Å². The zero-order valence-corrected chi connectivity index (χ0v) is 11.4. The zero-order valence-electron chi connectivity index (χ0n) is 11.4. The minimum Gasteiger partial charge on any atom is -0.393 e. The molecule has 4 nitrogen and oxygen atoms in total. The number of rotatable bonds is 3. The summed E-state index contributed by atoms with van der Waals surface area (Å²) in [6.45, 7) is 3.58. The highest BCUT2D eigenvalue weighted by Gasteiger charge is 2.20. The second-order valence-electron chi connectivity index (χ2n) is 5.01. The molecule has 2 unspecified atom stereocenters. The summed E-state index contributed by atoms with van der Waals surface area (Å²) in [5.74, 6) is 0.846. The fourth-order valence-corrected chi connectivity index (χ4v) is 2.16. The molecule has 1 N–H and O–H groups in total. The highest BCUT2D eigenvalue weighted by Crippen LogP contribution is 2.28. The van der Waals surface area contributed by atoms with Gasteiger partial charge in [-0.15, -0.1) is 0 Å². The van der Waals surface area contributed by atoms with Crippen LogP contribution >= 0.6 is 0 Å². The molecular formula is C16H16N2O2. The molecule has 0 saturated heterocycles. The quantitative estimate of drug-likeness (QED) is 0.791. The minimum atomic E-state index is -0.518. The first-order chi connectivity index (χ1) is 9.66. The van der Waals surface area contributed by atoms with Gasteiger partial charge in [0.05, 0.1) is 12.0 Å². The van der Waals surface area contributed by atoms with Gasteiger partial charge in [0.25, 0.3) is 0 Å². The van der Waals surface area contributed by atoms with Crippen LogP contribution in [0.1, 0.15) is 25.7 Å². The largest absolute Gasteiger partial charge is 0.393 e. The molecule has 0 amide bonds. The Morgan fingerprint density at radius 3 is 2.60 bits per heavy atom. The Morgan fingerprint density at radius 2 is 1.80 bits per heavy atom. The van der Waals surface area contributed by atoms with Crippen LogP contribution in [0.15, 0.2) is 47.0 Å². The molecule has 0 aliphatic rings. The van der Waals surface area contributed by atoms with Crippen molar-refractivity contribution < 1.29 is 9.63 Å². The molecular weight excluding hydrogens is 252 g/mol. The molecule has 1 heterocycles. The van der Waals surface area contributed by atoms with E-state index in [2.05, 4.69) is 22.3 Å². The maximum Gasteiger partial charge on any atom is 0.232 e. The van der Waals surface area contributed by atoms with Crippen LogP contribution in [0.25, 0.3) is 22.2 Å². The van der Waals surface area contributed by atoms with Gasteiger partial charge < -0.3 is 9.63 Å². The van der Waals surface area contributed by atoms with E-state index in [1.807, 2.05) is 37.3 Å². The normalized spacial score (nSPS) is 14.3. The Labute approximate surface area is 117 Å². The van der Waals surface area contributed by atoms with E-state index in [4.69, 9.17) is 4.52 Å². The number of hydrogen-bond donors (Lipinski definition) is 1. The van der Waals surface area contributed by atoms with Gasteiger partial charge in [0, 0.05) is 5.56 Å². The average molecular weight is 268 g/mol. The number of nitrogens with zero attached hydrogens (tertiary/aromatic N) is 2.